The minimum atomic E-state index is 0. The summed E-state index contributed by atoms with van der Waals surface area (Å²) in [7, 11) is 0. The number of halogens is 1. The minimum absolute atomic E-state index is 0. The summed E-state index contributed by atoms with van der Waals surface area (Å²) in [5, 5.41) is 6.70. The van der Waals surface area contributed by atoms with Gasteiger partial charge in [0.05, 0.1) is 32.5 Å². The predicted molar refractivity (Wildman–Crippen MR) is 125 cm³/mol. The zero-order valence-corrected chi connectivity index (χ0v) is 19.6. The highest BCUT2D eigenvalue weighted by Crippen LogP contribution is 2.19. The summed E-state index contributed by atoms with van der Waals surface area (Å²) in [6, 6.07) is 4.07. The van der Waals surface area contributed by atoms with E-state index in [-0.39, 0.29) is 30.1 Å². The molecule has 0 aliphatic carbocycles. The lowest BCUT2D eigenvalue weighted by Crippen LogP contribution is -2.38. The quantitative estimate of drug-likeness (QED) is 0.223. The maximum absolute atomic E-state index is 5.81. The van der Waals surface area contributed by atoms with Crippen molar-refractivity contribution < 1.29 is 14.2 Å². The van der Waals surface area contributed by atoms with Crippen LogP contribution in [0.5, 0.6) is 0 Å². The Morgan fingerprint density at radius 3 is 2.90 bits per heavy atom. The van der Waals surface area contributed by atoms with Crippen LogP contribution in [-0.4, -0.2) is 76.3 Å². The number of hydrogen-bond acceptors (Lipinski definition) is 6. The number of aliphatic imine (C=N–C) groups is 1. The van der Waals surface area contributed by atoms with E-state index in [1.807, 2.05) is 12.3 Å². The Labute approximate surface area is 190 Å². The first-order valence-corrected chi connectivity index (χ1v) is 10.3. The molecule has 0 saturated carbocycles. The molecule has 2 N–H and O–H groups in total. The molecule has 9 heteroatoms. The molecule has 3 rings (SSSR count). The second-order valence-corrected chi connectivity index (χ2v) is 6.92. The Kier molecular flexibility index (Phi) is 11.6. The van der Waals surface area contributed by atoms with Crippen molar-refractivity contribution in [1.82, 2.24) is 15.6 Å². The molecule has 0 aromatic carbocycles. The zero-order chi connectivity index (χ0) is 19.4. The fourth-order valence-electron chi connectivity index (χ4n) is 3.29. The van der Waals surface area contributed by atoms with Crippen molar-refractivity contribution in [3.8, 4) is 0 Å². The predicted octanol–water partition coefficient (Wildman–Crippen LogP) is 1.79. The first-order chi connectivity index (χ1) is 13.9. The Morgan fingerprint density at radius 1 is 1.28 bits per heavy atom. The highest BCUT2D eigenvalue weighted by atomic mass is 127. The van der Waals surface area contributed by atoms with Gasteiger partial charge in [-0.1, -0.05) is 6.07 Å². The van der Waals surface area contributed by atoms with Gasteiger partial charge >= 0.3 is 0 Å². The molecule has 1 atom stereocenters. The van der Waals surface area contributed by atoms with Crippen LogP contribution in [0.3, 0.4) is 0 Å². The van der Waals surface area contributed by atoms with Gasteiger partial charge in [-0.15, -0.1) is 24.0 Å². The standard InChI is InChI=1S/C20H33N5O3.HI/c1-2-21-20(23-8-4-11-28-18-6-12-27-16-18)24-15-17-5-3-7-22-19(17)25-9-13-26-14-10-25;/h3,5,7,18H,2,4,6,8-16H2,1H3,(H2,21,23,24);1H. The molecule has 2 saturated heterocycles. The zero-order valence-electron chi connectivity index (χ0n) is 17.3. The minimum Gasteiger partial charge on any atom is -0.379 e. The van der Waals surface area contributed by atoms with Gasteiger partial charge in [0, 0.05) is 51.2 Å². The molecule has 2 fully saturated rings. The van der Waals surface area contributed by atoms with E-state index >= 15 is 0 Å². The number of nitrogens with zero attached hydrogens (tertiary/aromatic N) is 3. The summed E-state index contributed by atoms with van der Waals surface area (Å²) in [6.45, 7) is 9.84. The van der Waals surface area contributed by atoms with Gasteiger partial charge < -0.3 is 29.7 Å². The molecular formula is C20H34IN5O3. The first kappa shape index (κ1) is 24.1. The molecule has 3 heterocycles. The molecule has 1 aromatic rings. The lowest BCUT2D eigenvalue weighted by Gasteiger charge is -2.29. The normalized spacial score (nSPS) is 19.7. The number of guanidine groups is 1. The van der Waals surface area contributed by atoms with Crippen LogP contribution < -0.4 is 15.5 Å². The molecule has 8 nitrogen and oxygen atoms in total. The molecule has 2 aliphatic heterocycles. The van der Waals surface area contributed by atoms with Gasteiger partial charge in [-0.05, 0) is 25.8 Å². The molecule has 0 radical (unpaired) electrons. The number of nitrogens with one attached hydrogen (secondary N) is 2. The smallest absolute Gasteiger partial charge is 0.191 e. The lowest BCUT2D eigenvalue weighted by atomic mass is 10.2. The van der Waals surface area contributed by atoms with Crippen LogP contribution in [0.15, 0.2) is 23.3 Å². The lowest BCUT2D eigenvalue weighted by molar-refractivity contribution is 0.0420. The number of morpholine rings is 1. The number of ether oxygens (including phenoxy) is 3. The number of aromatic nitrogens is 1. The van der Waals surface area contributed by atoms with Crippen LogP contribution in [0, 0.1) is 0 Å². The summed E-state index contributed by atoms with van der Waals surface area (Å²) in [5.41, 5.74) is 1.13. The Balaban J connectivity index is 0.00000300. The largest absolute Gasteiger partial charge is 0.379 e. The third-order valence-corrected chi connectivity index (χ3v) is 4.78. The Morgan fingerprint density at radius 2 is 2.14 bits per heavy atom. The number of rotatable bonds is 9. The van der Waals surface area contributed by atoms with Gasteiger partial charge in [0.15, 0.2) is 5.96 Å². The van der Waals surface area contributed by atoms with Gasteiger partial charge in [-0.3, -0.25) is 0 Å². The third-order valence-electron chi connectivity index (χ3n) is 4.78. The maximum Gasteiger partial charge on any atom is 0.191 e. The van der Waals surface area contributed by atoms with Gasteiger partial charge in [0.1, 0.15) is 5.82 Å². The fraction of sp³-hybridized carbons (Fsp3) is 0.700. The van der Waals surface area contributed by atoms with Crippen molar-refractivity contribution in [2.24, 2.45) is 4.99 Å². The number of hydrogen-bond donors (Lipinski definition) is 2. The van der Waals surface area contributed by atoms with Crippen molar-refractivity contribution in [2.75, 3.05) is 64.1 Å². The second-order valence-electron chi connectivity index (χ2n) is 6.92. The third kappa shape index (κ3) is 8.23. The van der Waals surface area contributed by atoms with E-state index in [1.54, 1.807) is 0 Å². The molecule has 1 unspecified atom stereocenters. The highest BCUT2D eigenvalue weighted by molar-refractivity contribution is 14.0. The maximum atomic E-state index is 5.81. The van der Waals surface area contributed by atoms with Crippen LogP contribution >= 0.6 is 24.0 Å². The van der Waals surface area contributed by atoms with E-state index in [0.29, 0.717) is 6.54 Å². The monoisotopic (exact) mass is 519 g/mol. The van der Waals surface area contributed by atoms with Gasteiger partial charge in [-0.2, -0.15) is 0 Å². The Bertz CT molecular complexity index is 608. The summed E-state index contributed by atoms with van der Waals surface area (Å²) in [5.74, 6) is 1.83. The van der Waals surface area contributed by atoms with Crippen LogP contribution in [0.25, 0.3) is 0 Å². The molecule has 29 heavy (non-hydrogen) atoms. The average Bonchev–Trinajstić information content (AvgIpc) is 3.26. The van der Waals surface area contributed by atoms with Gasteiger partial charge in [-0.25, -0.2) is 9.98 Å². The topological polar surface area (TPSA) is 80.2 Å². The number of anilines is 1. The van der Waals surface area contributed by atoms with Gasteiger partial charge in [0.2, 0.25) is 0 Å². The summed E-state index contributed by atoms with van der Waals surface area (Å²) < 4.78 is 16.6. The molecule has 164 valence electrons. The molecule has 2 aliphatic rings. The summed E-state index contributed by atoms with van der Waals surface area (Å²) in [6.07, 6.45) is 4.06. The van der Waals surface area contributed by atoms with Crippen LogP contribution in [-0.2, 0) is 20.8 Å². The Hall–Kier alpha value is -1.17. The molecule has 0 amide bonds. The average molecular weight is 519 g/mol. The SMILES string of the molecule is CCNC(=NCc1cccnc1N1CCOCC1)NCCCOC1CCOC1.I. The van der Waals surface area contributed by atoms with Gasteiger partial charge in [0.25, 0.3) is 0 Å². The molecular weight excluding hydrogens is 485 g/mol. The van der Waals surface area contributed by atoms with Crippen molar-refractivity contribution in [3.05, 3.63) is 23.9 Å². The van der Waals surface area contributed by atoms with E-state index in [1.165, 1.54) is 0 Å². The van der Waals surface area contributed by atoms with E-state index in [4.69, 9.17) is 19.2 Å². The van der Waals surface area contributed by atoms with Crippen molar-refractivity contribution in [3.63, 3.8) is 0 Å². The fourth-order valence-corrected chi connectivity index (χ4v) is 3.29. The molecule has 0 bridgehead atoms. The summed E-state index contributed by atoms with van der Waals surface area (Å²) in [4.78, 5) is 11.6. The van der Waals surface area contributed by atoms with Crippen molar-refractivity contribution in [1.29, 1.82) is 0 Å². The number of pyridine rings is 1. The highest BCUT2D eigenvalue weighted by Gasteiger charge is 2.16. The van der Waals surface area contributed by atoms with Crippen molar-refractivity contribution in [2.45, 2.75) is 32.4 Å². The van der Waals surface area contributed by atoms with E-state index in [2.05, 4.69) is 33.5 Å². The van der Waals surface area contributed by atoms with E-state index in [0.717, 1.165) is 89.4 Å². The molecule has 1 aromatic heterocycles. The van der Waals surface area contributed by atoms with Crippen LogP contribution in [0.2, 0.25) is 0 Å². The second kappa shape index (κ2) is 13.9. The van der Waals surface area contributed by atoms with E-state index in [9.17, 15) is 0 Å². The van der Waals surface area contributed by atoms with Crippen LogP contribution in [0.4, 0.5) is 5.82 Å². The molecule has 0 spiro atoms. The van der Waals surface area contributed by atoms with Crippen LogP contribution in [0.1, 0.15) is 25.3 Å². The first-order valence-electron chi connectivity index (χ1n) is 10.3. The van der Waals surface area contributed by atoms with E-state index < -0.39 is 0 Å². The summed E-state index contributed by atoms with van der Waals surface area (Å²) >= 11 is 0. The van der Waals surface area contributed by atoms with Crippen molar-refractivity contribution >= 4 is 35.8 Å².